The fourth-order valence-electron chi connectivity index (χ4n) is 3.13. The van der Waals surface area contributed by atoms with E-state index in [-0.39, 0.29) is 35.7 Å². The summed E-state index contributed by atoms with van der Waals surface area (Å²) >= 11 is 0. The van der Waals surface area contributed by atoms with Crippen molar-refractivity contribution in [2.45, 2.75) is 26.2 Å². The number of aromatic hydroxyl groups is 1. The highest BCUT2D eigenvalue weighted by molar-refractivity contribution is 5.89. The average molecular weight is 408 g/mol. The van der Waals surface area contributed by atoms with Gasteiger partial charge in [0.2, 0.25) is 17.7 Å². The van der Waals surface area contributed by atoms with Gasteiger partial charge in [-0.05, 0) is 34.7 Å². The van der Waals surface area contributed by atoms with E-state index in [9.17, 15) is 19.5 Å². The molecule has 3 aromatic rings. The Bertz CT molecular complexity index is 1100. The number of aromatic nitrogens is 2. The summed E-state index contributed by atoms with van der Waals surface area (Å²) in [6.45, 7) is 3.90. The minimum Gasteiger partial charge on any atom is -0.493 e. The Hall–Kier alpha value is -3.81. The molecule has 1 heterocycles. The van der Waals surface area contributed by atoms with Crippen LogP contribution in [0.2, 0.25) is 0 Å². The first kappa shape index (κ1) is 20.9. The largest absolute Gasteiger partial charge is 0.493 e. The highest BCUT2D eigenvalue weighted by atomic mass is 16.3. The topological polar surface area (TPSA) is 127 Å². The first-order valence-electron chi connectivity index (χ1n) is 9.56. The molecule has 30 heavy (non-hydrogen) atoms. The van der Waals surface area contributed by atoms with Crippen LogP contribution < -0.4 is 16.3 Å². The number of imidazole rings is 1. The Kier molecular flexibility index (Phi) is 6.36. The van der Waals surface area contributed by atoms with Crippen LogP contribution >= 0.6 is 0 Å². The molecule has 0 radical (unpaired) electrons. The molecule has 156 valence electrons. The van der Waals surface area contributed by atoms with E-state index in [0.717, 1.165) is 22.4 Å². The third-order valence-electron chi connectivity index (χ3n) is 4.72. The second kappa shape index (κ2) is 9.13. The van der Waals surface area contributed by atoms with Gasteiger partial charge < -0.3 is 20.7 Å². The highest BCUT2D eigenvalue weighted by Gasteiger charge is 2.13. The smallest absolute Gasteiger partial charge is 0.325 e. The predicted octanol–water partition coefficient (Wildman–Crippen LogP) is 2.50. The number of amides is 2. The molecular formula is C22H24N4O4. The van der Waals surface area contributed by atoms with E-state index in [4.69, 9.17) is 0 Å². The molecule has 0 spiro atoms. The number of carbonyl (C=O) groups is 2. The molecule has 0 bridgehead atoms. The van der Waals surface area contributed by atoms with Gasteiger partial charge in [-0.3, -0.25) is 14.6 Å². The van der Waals surface area contributed by atoms with Crippen molar-refractivity contribution in [3.05, 3.63) is 70.3 Å². The number of hydrogen-bond donors (Lipinski definition) is 5. The van der Waals surface area contributed by atoms with Gasteiger partial charge in [-0.25, -0.2) is 4.79 Å². The van der Waals surface area contributed by atoms with Crippen molar-refractivity contribution in [1.29, 1.82) is 0 Å². The minimum absolute atomic E-state index is 0.0765. The standard InChI is InChI=1S/C22H24N4O4/c1-13(12-23-20(28)11-19-21(29)26-22(30)25-19)15-6-8-16(9-7-15)17-4-3-5-18(10-17)24-14(2)27/h3-10,13,29H,11-12H2,1-2H3,(H,23,28)(H,24,27)(H2,25,26,30). The molecule has 0 saturated heterocycles. The van der Waals surface area contributed by atoms with E-state index in [2.05, 4.69) is 20.6 Å². The van der Waals surface area contributed by atoms with E-state index in [0.29, 0.717) is 6.54 Å². The molecule has 1 unspecified atom stereocenters. The zero-order chi connectivity index (χ0) is 21.7. The van der Waals surface area contributed by atoms with Gasteiger partial charge in [0.15, 0.2) is 0 Å². The first-order chi connectivity index (χ1) is 14.3. The third kappa shape index (κ3) is 5.38. The van der Waals surface area contributed by atoms with Crippen molar-refractivity contribution in [1.82, 2.24) is 15.3 Å². The van der Waals surface area contributed by atoms with Gasteiger partial charge in [-0.2, -0.15) is 0 Å². The zero-order valence-electron chi connectivity index (χ0n) is 16.8. The van der Waals surface area contributed by atoms with E-state index in [1.807, 2.05) is 55.5 Å². The fraction of sp³-hybridized carbons (Fsp3) is 0.227. The van der Waals surface area contributed by atoms with Gasteiger partial charge in [0.25, 0.3) is 0 Å². The van der Waals surface area contributed by atoms with Gasteiger partial charge in [0, 0.05) is 19.2 Å². The maximum atomic E-state index is 12.1. The molecule has 0 aliphatic heterocycles. The Morgan fingerprint density at radius 2 is 1.80 bits per heavy atom. The fourth-order valence-corrected chi connectivity index (χ4v) is 3.13. The SMILES string of the molecule is CC(=O)Nc1cccc(-c2ccc(C(C)CNC(=O)Cc3[nH]c(=O)[nH]c3O)cc2)c1. The molecule has 0 aliphatic carbocycles. The molecule has 3 rings (SSSR count). The Morgan fingerprint density at radius 1 is 1.07 bits per heavy atom. The van der Waals surface area contributed by atoms with Crippen molar-refractivity contribution >= 4 is 17.5 Å². The van der Waals surface area contributed by atoms with Crippen molar-refractivity contribution in [2.75, 3.05) is 11.9 Å². The second-order valence-corrected chi connectivity index (χ2v) is 7.17. The van der Waals surface area contributed by atoms with Gasteiger partial charge in [-0.1, -0.05) is 43.3 Å². The van der Waals surface area contributed by atoms with Crippen LogP contribution in [0.4, 0.5) is 5.69 Å². The van der Waals surface area contributed by atoms with Crippen LogP contribution in [-0.2, 0) is 16.0 Å². The Labute approximate surface area is 173 Å². The van der Waals surface area contributed by atoms with Crippen molar-refractivity contribution < 1.29 is 14.7 Å². The van der Waals surface area contributed by atoms with Crippen molar-refractivity contribution in [3.8, 4) is 17.0 Å². The monoisotopic (exact) mass is 408 g/mol. The van der Waals surface area contributed by atoms with Crippen molar-refractivity contribution in [2.24, 2.45) is 0 Å². The molecule has 0 saturated carbocycles. The molecule has 2 aromatic carbocycles. The summed E-state index contributed by atoms with van der Waals surface area (Å²) in [7, 11) is 0. The lowest BCUT2D eigenvalue weighted by Gasteiger charge is -2.14. The molecule has 8 nitrogen and oxygen atoms in total. The van der Waals surface area contributed by atoms with Crippen LogP contribution in [0.15, 0.2) is 53.3 Å². The quantitative estimate of drug-likeness (QED) is 0.412. The van der Waals surface area contributed by atoms with Crippen LogP contribution in [-0.4, -0.2) is 33.4 Å². The molecule has 1 aromatic heterocycles. The number of carbonyl (C=O) groups excluding carboxylic acids is 2. The molecule has 1 atom stereocenters. The molecule has 8 heteroatoms. The van der Waals surface area contributed by atoms with Crippen LogP contribution in [0.5, 0.6) is 5.88 Å². The second-order valence-electron chi connectivity index (χ2n) is 7.17. The lowest BCUT2D eigenvalue weighted by molar-refractivity contribution is -0.120. The van der Waals surface area contributed by atoms with E-state index in [1.165, 1.54) is 6.92 Å². The van der Waals surface area contributed by atoms with Gasteiger partial charge in [-0.15, -0.1) is 0 Å². The van der Waals surface area contributed by atoms with E-state index >= 15 is 0 Å². The Balaban J connectivity index is 1.59. The average Bonchev–Trinajstić information content (AvgIpc) is 3.02. The highest BCUT2D eigenvalue weighted by Crippen LogP contribution is 2.25. The van der Waals surface area contributed by atoms with Crippen LogP contribution in [0.3, 0.4) is 0 Å². The number of H-pyrrole nitrogens is 2. The van der Waals surface area contributed by atoms with Crippen LogP contribution in [0.25, 0.3) is 11.1 Å². The molecule has 5 N–H and O–H groups in total. The predicted molar refractivity (Wildman–Crippen MR) is 114 cm³/mol. The number of hydrogen-bond acceptors (Lipinski definition) is 4. The van der Waals surface area contributed by atoms with Gasteiger partial charge >= 0.3 is 5.69 Å². The maximum Gasteiger partial charge on any atom is 0.325 e. The summed E-state index contributed by atoms with van der Waals surface area (Å²) in [5.41, 5.74) is 3.44. The third-order valence-corrected chi connectivity index (χ3v) is 4.72. The molecular weight excluding hydrogens is 384 g/mol. The molecule has 0 fully saturated rings. The normalized spacial score (nSPS) is 11.7. The summed E-state index contributed by atoms with van der Waals surface area (Å²) in [5.74, 6) is -0.649. The van der Waals surface area contributed by atoms with Gasteiger partial charge in [0.1, 0.15) is 0 Å². The van der Waals surface area contributed by atoms with Crippen LogP contribution in [0.1, 0.15) is 31.0 Å². The summed E-state index contributed by atoms with van der Waals surface area (Å²) in [5, 5.41) is 15.1. The Morgan fingerprint density at radius 3 is 2.43 bits per heavy atom. The number of rotatable bonds is 7. The minimum atomic E-state index is -0.550. The van der Waals surface area contributed by atoms with E-state index < -0.39 is 5.69 Å². The summed E-state index contributed by atoms with van der Waals surface area (Å²) in [6, 6.07) is 15.6. The summed E-state index contributed by atoms with van der Waals surface area (Å²) in [6.07, 6.45) is -0.110. The maximum absolute atomic E-state index is 12.1. The van der Waals surface area contributed by atoms with Crippen molar-refractivity contribution in [3.63, 3.8) is 0 Å². The van der Waals surface area contributed by atoms with Crippen LogP contribution in [0, 0.1) is 0 Å². The van der Waals surface area contributed by atoms with E-state index in [1.54, 1.807) is 0 Å². The lowest BCUT2D eigenvalue weighted by atomic mass is 9.97. The number of anilines is 1. The molecule has 0 aliphatic rings. The summed E-state index contributed by atoms with van der Waals surface area (Å²) in [4.78, 5) is 39.0. The number of aromatic amines is 2. The summed E-state index contributed by atoms with van der Waals surface area (Å²) < 4.78 is 0. The number of nitrogens with one attached hydrogen (secondary N) is 4. The van der Waals surface area contributed by atoms with Gasteiger partial charge in [0.05, 0.1) is 12.1 Å². The first-order valence-corrected chi connectivity index (χ1v) is 9.56. The lowest BCUT2D eigenvalue weighted by Crippen LogP contribution is -2.29. The number of benzene rings is 2. The molecule has 2 amide bonds. The zero-order valence-corrected chi connectivity index (χ0v) is 16.8.